The molecule has 0 amide bonds. The molecule has 1 N–H and O–H groups in total. The molecule has 166 valence electrons. The van der Waals surface area contributed by atoms with Crippen LogP contribution < -0.4 is 9.60 Å². The van der Waals surface area contributed by atoms with Crippen molar-refractivity contribution in [2.75, 3.05) is 0 Å². The number of rotatable bonds is 7. The van der Waals surface area contributed by atoms with Crippen LogP contribution in [0.4, 0.5) is 0 Å². The minimum absolute atomic E-state index is 0.136. The highest BCUT2D eigenvalue weighted by atomic mass is 35.5. The van der Waals surface area contributed by atoms with Gasteiger partial charge in [0.05, 0.1) is 21.7 Å². The topological polar surface area (TPSA) is 68.2 Å². The van der Waals surface area contributed by atoms with E-state index in [-0.39, 0.29) is 15.8 Å². The lowest BCUT2D eigenvalue weighted by Gasteiger charge is -2.18. The zero-order valence-electron chi connectivity index (χ0n) is 17.7. The average Bonchev–Trinajstić information content (AvgIpc) is 3.08. The van der Waals surface area contributed by atoms with Crippen LogP contribution in [0.2, 0.25) is 5.02 Å². The Morgan fingerprint density at radius 1 is 1.03 bits per heavy atom. The summed E-state index contributed by atoms with van der Waals surface area (Å²) in [7, 11) is -3.76. The molecule has 4 aromatic rings. The van der Waals surface area contributed by atoms with Crippen LogP contribution in [-0.4, -0.2) is 13.0 Å². The van der Waals surface area contributed by atoms with E-state index in [0.29, 0.717) is 28.2 Å². The van der Waals surface area contributed by atoms with Crippen molar-refractivity contribution in [2.24, 2.45) is 0 Å². The van der Waals surface area contributed by atoms with E-state index in [4.69, 9.17) is 11.6 Å². The van der Waals surface area contributed by atoms with Crippen molar-refractivity contribution in [1.82, 2.24) is 9.29 Å². The summed E-state index contributed by atoms with van der Waals surface area (Å²) in [5.41, 5.74) is 3.69. The largest absolute Gasteiger partial charge is 0.308 e. The summed E-state index contributed by atoms with van der Waals surface area (Å²) in [6, 6.07) is 19.6. The second kappa shape index (κ2) is 9.19. The van der Waals surface area contributed by atoms with Crippen molar-refractivity contribution < 1.29 is 8.42 Å². The highest BCUT2D eigenvalue weighted by Gasteiger charge is 2.21. The number of hydrogen-bond acceptors (Lipinski definition) is 4. The van der Waals surface area contributed by atoms with Crippen LogP contribution in [0.25, 0.3) is 10.2 Å². The van der Waals surface area contributed by atoms with Gasteiger partial charge in [-0.3, -0.25) is 9.36 Å². The SMILES string of the molecule is CC[C@H](NS(=O)(=O)c1ccc2c(c1)sc(=O)n2Cc1ccc(Cl)cc1)c1ccc(C)cc1. The minimum Gasteiger partial charge on any atom is -0.294 e. The van der Waals surface area contributed by atoms with Crippen molar-refractivity contribution in [1.29, 1.82) is 0 Å². The van der Waals surface area contributed by atoms with E-state index in [2.05, 4.69) is 4.72 Å². The van der Waals surface area contributed by atoms with Gasteiger partial charge in [0.1, 0.15) is 0 Å². The van der Waals surface area contributed by atoms with Crippen molar-refractivity contribution in [3.8, 4) is 0 Å². The predicted molar refractivity (Wildman–Crippen MR) is 131 cm³/mol. The number of benzene rings is 3. The molecule has 0 spiro atoms. The molecular formula is C24H23ClN2O3S2. The zero-order valence-corrected chi connectivity index (χ0v) is 20.1. The molecule has 8 heteroatoms. The third-order valence-corrected chi connectivity index (χ3v) is 8.05. The van der Waals surface area contributed by atoms with Crippen LogP contribution in [0.5, 0.6) is 0 Å². The van der Waals surface area contributed by atoms with E-state index in [1.54, 1.807) is 34.9 Å². The summed E-state index contributed by atoms with van der Waals surface area (Å²) in [5.74, 6) is 0. The molecular weight excluding hydrogens is 464 g/mol. The van der Waals surface area contributed by atoms with Gasteiger partial charge in [-0.2, -0.15) is 0 Å². The molecule has 0 saturated heterocycles. The molecule has 5 nitrogen and oxygen atoms in total. The molecule has 0 bridgehead atoms. The Morgan fingerprint density at radius 3 is 2.38 bits per heavy atom. The maximum Gasteiger partial charge on any atom is 0.308 e. The quantitative estimate of drug-likeness (QED) is 0.375. The second-order valence-corrected chi connectivity index (χ2v) is 10.8. The van der Waals surface area contributed by atoms with Crippen LogP contribution >= 0.6 is 22.9 Å². The van der Waals surface area contributed by atoms with Gasteiger partial charge in [0.25, 0.3) is 0 Å². The summed E-state index contributed by atoms with van der Waals surface area (Å²) < 4.78 is 31.3. The van der Waals surface area contributed by atoms with Crippen LogP contribution in [-0.2, 0) is 16.6 Å². The number of nitrogens with one attached hydrogen (secondary N) is 1. The number of sulfonamides is 1. The summed E-state index contributed by atoms with van der Waals surface area (Å²) in [6.45, 7) is 4.33. The first-order chi connectivity index (χ1) is 15.3. The number of hydrogen-bond donors (Lipinski definition) is 1. The lowest BCUT2D eigenvalue weighted by atomic mass is 10.0. The van der Waals surface area contributed by atoms with Gasteiger partial charge < -0.3 is 0 Å². The van der Waals surface area contributed by atoms with Gasteiger partial charge in [-0.15, -0.1) is 0 Å². The molecule has 32 heavy (non-hydrogen) atoms. The van der Waals surface area contributed by atoms with E-state index >= 15 is 0 Å². The lowest BCUT2D eigenvalue weighted by Crippen LogP contribution is -2.28. The smallest absolute Gasteiger partial charge is 0.294 e. The Morgan fingerprint density at radius 2 is 1.72 bits per heavy atom. The van der Waals surface area contributed by atoms with Crippen LogP contribution in [0.15, 0.2) is 76.4 Å². The normalized spacial score (nSPS) is 12.8. The van der Waals surface area contributed by atoms with E-state index in [1.807, 2.05) is 50.2 Å². The molecule has 0 aliphatic rings. The lowest BCUT2D eigenvalue weighted by molar-refractivity contribution is 0.550. The Labute approximate surface area is 196 Å². The molecule has 1 atom stereocenters. The fourth-order valence-corrected chi connectivity index (χ4v) is 6.04. The summed E-state index contributed by atoms with van der Waals surface area (Å²) in [5, 5.41) is 0.634. The van der Waals surface area contributed by atoms with Crippen molar-refractivity contribution in [2.45, 2.75) is 37.8 Å². The molecule has 0 radical (unpaired) electrons. The minimum atomic E-state index is -3.76. The highest BCUT2D eigenvalue weighted by Crippen LogP contribution is 2.25. The molecule has 0 fully saturated rings. The van der Waals surface area contributed by atoms with Crippen LogP contribution in [0, 0.1) is 6.92 Å². The maximum absolute atomic E-state index is 13.1. The van der Waals surface area contributed by atoms with E-state index in [9.17, 15) is 13.2 Å². The molecule has 0 aliphatic carbocycles. The third kappa shape index (κ3) is 4.81. The van der Waals surface area contributed by atoms with E-state index in [0.717, 1.165) is 28.0 Å². The number of aryl methyl sites for hydroxylation is 1. The summed E-state index contributed by atoms with van der Waals surface area (Å²) in [4.78, 5) is 12.6. The van der Waals surface area contributed by atoms with Gasteiger partial charge in [-0.05, 0) is 54.8 Å². The Hall–Kier alpha value is -2.45. The molecule has 0 aliphatic heterocycles. The molecule has 1 aromatic heterocycles. The van der Waals surface area contributed by atoms with Gasteiger partial charge in [-0.1, -0.05) is 71.8 Å². The molecule has 4 rings (SSSR count). The number of nitrogens with zero attached hydrogens (tertiary/aromatic N) is 1. The van der Waals surface area contributed by atoms with E-state index in [1.165, 1.54) is 0 Å². The van der Waals surface area contributed by atoms with Crippen molar-refractivity contribution >= 4 is 43.2 Å². The summed E-state index contributed by atoms with van der Waals surface area (Å²) in [6.07, 6.45) is 0.620. The standard InChI is InChI=1S/C24H23ClN2O3S2/c1-3-21(18-8-4-16(2)5-9-18)26-32(29,30)20-12-13-22-23(14-20)31-24(28)27(22)15-17-6-10-19(25)11-7-17/h4-14,21,26H,3,15H2,1-2H3/t21-/m0/s1. The first-order valence-electron chi connectivity index (χ1n) is 10.2. The Balaban J connectivity index is 1.63. The average molecular weight is 487 g/mol. The summed E-state index contributed by atoms with van der Waals surface area (Å²) >= 11 is 6.99. The second-order valence-electron chi connectivity index (χ2n) is 7.70. The number of halogens is 1. The van der Waals surface area contributed by atoms with Gasteiger partial charge >= 0.3 is 4.87 Å². The van der Waals surface area contributed by atoms with Crippen LogP contribution in [0.3, 0.4) is 0 Å². The maximum atomic E-state index is 13.1. The zero-order chi connectivity index (χ0) is 22.9. The van der Waals surface area contributed by atoms with Crippen LogP contribution in [0.1, 0.15) is 36.1 Å². The van der Waals surface area contributed by atoms with Crippen molar-refractivity contribution in [3.05, 3.63) is 98.1 Å². The fraction of sp³-hybridized carbons (Fsp3) is 0.208. The Kier molecular flexibility index (Phi) is 6.53. The molecule has 0 unspecified atom stereocenters. The predicted octanol–water partition coefficient (Wildman–Crippen LogP) is 5.50. The molecule has 0 saturated carbocycles. The number of thiazole rings is 1. The first kappa shape index (κ1) is 22.7. The van der Waals surface area contributed by atoms with E-state index < -0.39 is 10.0 Å². The number of fused-ring (bicyclic) bond motifs is 1. The molecule has 1 heterocycles. The van der Waals surface area contributed by atoms with Crippen molar-refractivity contribution in [3.63, 3.8) is 0 Å². The van der Waals surface area contributed by atoms with Gasteiger partial charge in [0, 0.05) is 11.1 Å². The highest BCUT2D eigenvalue weighted by molar-refractivity contribution is 7.89. The molecule has 3 aromatic carbocycles. The number of aromatic nitrogens is 1. The van der Waals surface area contributed by atoms with Gasteiger partial charge in [-0.25, -0.2) is 13.1 Å². The Bertz CT molecular complexity index is 1410. The monoisotopic (exact) mass is 486 g/mol. The fourth-order valence-electron chi connectivity index (χ4n) is 3.58. The van der Waals surface area contributed by atoms with Gasteiger partial charge in [0.2, 0.25) is 10.0 Å². The first-order valence-corrected chi connectivity index (χ1v) is 12.9. The third-order valence-electron chi connectivity index (χ3n) is 5.39. The van der Waals surface area contributed by atoms with Gasteiger partial charge in [0.15, 0.2) is 0 Å².